The molecule has 1 aliphatic heterocycles. The first-order valence-electron chi connectivity index (χ1n) is 8.84. The number of rotatable bonds is 5. The predicted octanol–water partition coefficient (Wildman–Crippen LogP) is 5.27. The van der Waals surface area contributed by atoms with Gasteiger partial charge in [0, 0.05) is 0 Å². The van der Waals surface area contributed by atoms with E-state index in [2.05, 4.69) is 82.3 Å². The quantitative estimate of drug-likeness (QED) is 0.681. The second-order valence-corrected chi connectivity index (χ2v) is 11.3. The average Bonchev–Trinajstić information content (AvgIpc) is 2.82. The number of hydrogen-bond acceptors (Lipinski definition) is 1. The molecule has 1 aliphatic rings. The van der Waals surface area contributed by atoms with Crippen molar-refractivity contribution < 1.29 is 4.43 Å². The van der Waals surface area contributed by atoms with Crippen LogP contribution < -0.4 is 5.19 Å². The summed E-state index contributed by atoms with van der Waals surface area (Å²) in [5, 5.41) is 1.54. The van der Waals surface area contributed by atoms with E-state index in [1.54, 1.807) is 0 Å². The molecule has 0 aliphatic carbocycles. The summed E-state index contributed by atoms with van der Waals surface area (Å²) in [7, 11) is -1.93. The van der Waals surface area contributed by atoms with Crippen molar-refractivity contribution in [2.45, 2.75) is 45.9 Å². The van der Waals surface area contributed by atoms with Gasteiger partial charge in [0.1, 0.15) is 0 Å². The van der Waals surface area contributed by atoms with Gasteiger partial charge in [-0.05, 0) is 40.2 Å². The van der Waals surface area contributed by atoms with Gasteiger partial charge in [-0.25, -0.2) is 0 Å². The smallest absolute Gasteiger partial charge is 0.226 e. The van der Waals surface area contributed by atoms with E-state index in [4.69, 9.17) is 4.43 Å². The highest BCUT2D eigenvalue weighted by Gasteiger charge is 2.48. The van der Waals surface area contributed by atoms with Gasteiger partial charge in [0.25, 0.3) is 0 Å². The fourth-order valence-electron chi connectivity index (χ4n) is 4.09. The Morgan fingerprint density at radius 3 is 2.00 bits per heavy atom. The number of fused-ring (bicyclic) bond motifs is 1. The Kier molecular flexibility index (Phi) is 4.74. The van der Waals surface area contributed by atoms with Gasteiger partial charge in [0.2, 0.25) is 8.32 Å². The molecule has 0 saturated heterocycles. The van der Waals surface area contributed by atoms with Crippen LogP contribution in [0.5, 0.6) is 0 Å². The Morgan fingerprint density at radius 2 is 1.39 bits per heavy atom. The molecule has 0 saturated carbocycles. The highest BCUT2D eigenvalue weighted by Crippen LogP contribution is 2.41. The highest BCUT2D eigenvalue weighted by molar-refractivity contribution is 6.87. The van der Waals surface area contributed by atoms with E-state index in [0.29, 0.717) is 11.8 Å². The molecule has 0 N–H and O–H groups in total. The van der Waals surface area contributed by atoms with Crippen molar-refractivity contribution >= 4 is 13.5 Å². The molecule has 0 spiro atoms. The van der Waals surface area contributed by atoms with Crippen LogP contribution >= 0.6 is 0 Å². The van der Waals surface area contributed by atoms with Crippen molar-refractivity contribution in [1.82, 2.24) is 0 Å². The highest BCUT2D eigenvalue weighted by atomic mass is 28.4. The lowest BCUT2D eigenvalue weighted by molar-refractivity contribution is 0.246. The zero-order chi connectivity index (χ0) is 16.4. The summed E-state index contributed by atoms with van der Waals surface area (Å²) in [6.45, 7) is 9.32. The zero-order valence-corrected chi connectivity index (χ0v) is 15.8. The molecule has 1 atom stereocenters. The van der Waals surface area contributed by atoms with Crippen LogP contribution in [-0.2, 0) is 4.43 Å². The van der Waals surface area contributed by atoms with E-state index in [-0.39, 0.29) is 6.10 Å². The molecular formula is C21H28OSi. The summed E-state index contributed by atoms with van der Waals surface area (Å²) in [6.07, 6.45) is 0.122. The molecule has 2 heteroatoms. The summed E-state index contributed by atoms with van der Waals surface area (Å²) in [5.41, 5.74) is 2.70. The zero-order valence-electron chi connectivity index (χ0n) is 14.8. The molecule has 2 aromatic carbocycles. The first-order chi connectivity index (χ1) is 11.0. The molecule has 0 amide bonds. The van der Waals surface area contributed by atoms with Gasteiger partial charge < -0.3 is 4.43 Å². The van der Waals surface area contributed by atoms with E-state index < -0.39 is 8.32 Å². The lowest BCUT2D eigenvalue weighted by atomic mass is 10.0. The minimum Gasteiger partial charge on any atom is -0.401 e. The molecule has 122 valence electrons. The standard InChI is InChI=1S/C21H28OSi/c1-16(2)14-23(15-17(3)4)20-13-9-8-12-19(20)21(22-23)18-10-6-5-7-11-18/h5-13,16-17,21H,14-15H2,1-4H3/t21-/m0/s1. The fraction of sp³-hybridized carbons (Fsp3) is 0.429. The molecule has 2 aromatic rings. The van der Waals surface area contributed by atoms with Gasteiger partial charge in [-0.2, -0.15) is 0 Å². The van der Waals surface area contributed by atoms with Crippen LogP contribution in [0.15, 0.2) is 54.6 Å². The van der Waals surface area contributed by atoms with E-state index in [1.165, 1.54) is 28.4 Å². The third-order valence-electron chi connectivity index (χ3n) is 4.66. The van der Waals surface area contributed by atoms with Gasteiger partial charge in [-0.3, -0.25) is 0 Å². The maximum Gasteiger partial charge on any atom is 0.226 e. The van der Waals surface area contributed by atoms with Crippen LogP contribution in [0.2, 0.25) is 12.1 Å². The van der Waals surface area contributed by atoms with Crippen LogP contribution in [0.3, 0.4) is 0 Å². The topological polar surface area (TPSA) is 9.23 Å². The van der Waals surface area contributed by atoms with Gasteiger partial charge in [-0.1, -0.05) is 82.3 Å². The average molecular weight is 325 g/mol. The molecule has 0 radical (unpaired) electrons. The third-order valence-corrected chi connectivity index (χ3v) is 9.73. The van der Waals surface area contributed by atoms with Crippen LogP contribution in [-0.4, -0.2) is 8.32 Å². The summed E-state index contributed by atoms with van der Waals surface area (Å²) in [5.74, 6) is 1.34. The maximum atomic E-state index is 6.97. The predicted molar refractivity (Wildman–Crippen MR) is 100 cm³/mol. The Morgan fingerprint density at radius 1 is 0.826 bits per heavy atom. The van der Waals surface area contributed by atoms with Crippen molar-refractivity contribution in [3.63, 3.8) is 0 Å². The molecular weight excluding hydrogens is 296 g/mol. The number of hydrogen-bond donors (Lipinski definition) is 0. The SMILES string of the molecule is CC(C)C[Si]1(CC(C)C)O[C@@H](c2ccccc2)c2ccccc21. The summed E-state index contributed by atoms with van der Waals surface area (Å²) < 4.78 is 6.97. The first-order valence-corrected chi connectivity index (χ1v) is 11.2. The molecule has 0 fully saturated rings. The number of benzene rings is 2. The van der Waals surface area contributed by atoms with Crippen molar-refractivity contribution in [3.05, 3.63) is 65.7 Å². The molecule has 0 bridgehead atoms. The van der Waals surface area contributed by atoms with Crippen molar-refractivity contribution in [1.29, 1.82) is 0 Å². The first kappa shape index (κ1) is 16.5. The van der Waals surface area contributed by atoms with Crippen LogP contribution in [0.4, 0.5) is 0 Å². The molecule has 3 rings (SSSR count). The molecule has 0 aromatic heterocycles. The van der Waals surface area contributed by atoms with Crippen molar-refractivity contribution in [2.75, 3.05) is 0 Å². The van der Waals surface area contributed by atoms with Crippen LogP contribution in [0.25, 0.3) is 0 Å². The van der Waals surface area contributed by atoms with Crippen LogP contribution in [0, 0.1) is 11.8 Å². The summed E-state index contributed by atoms with van der Waals surface area (Å²) >= 11 is 0. The minimum absolute atomic E-state index is 0.122. The Balaban J connectivity index is 2.08. The minimum atomic E-state index is -1.93. The van der Waals surface area contributed by atoms with Crippen LogP contribution in [0.1, 0.15) is 44.9 Å². The lowest BCUT2D eigenvalue weighted by Gasteiger charge is -2.31. The lowest BCUT2D eigenvalue weighted by Crippen LogP contribution is -2.49. The molecule has 0 unspecified atom stereocenters. The molecule has 1 nitrogen and oxygen atoms in total. The van der Waals surface area contributed by atoms with E-state index in [0.717, 1.165) is 0 Å². The van der Waals surface area contributed by atoms with Crippen molar-refractivity contribution in [2.24, 2.45) is 11.8 Å². The van der Waals surface area contributed by atoms with E-state index >= 15 is 0 Å². The Hall–Kier alpha value is -1.38. The van der Waals surface area contributed by atoms with Gasteiger partial charge in [0.05, 0.1) is 6.10 Å². The van der Waals surface area contributed by atoms with Gasteiger partial charge in [0.15, 0.2) is 0 Å². The third kappa shape index (κ3) is 3.29. The second-order valence-electron chi connectivity index (χ2n) is 7.69. The van der Waals surface area contributed by atoms with E-state index in [9.17, 15) is 0 Å². The van der Waals surface area contributed by atoms with E-state index in [1.807, 2.05) is 0 Å². The maximum absolute atomic E-state index is 6.97. The Labute approximate surface area is 141 Å². The summed E-state index contributed by atoms with van der Waals surface area (Å²) in [6, 6.07) is 22.1. The summed E-state index contributed by atoms with van der Waals surface area (Å²) in [4.78, 5) is 0. The monoisotopic (exact) mass is 324 g/mol. The van der Waals surface area contributed by atoms with Gasteiger partial charge >= 0.3 is 0 Å². The molecule has 1 heterocycles. The largest absolute Gasteiger partial charge is 0.401 e. The second kappa shape index (κ2) is 6.62. The normalized spacial score (nSPS) is 19.3. The molecule has 23 heavy (non-hydrogen) atoms. The van der Waals surface area contributed by atoms with Gasteiger partial charge in [-0.15, -0.1) is 0 Å². The fourth-order valence-corrected chi connectivity index (χ4v) is 9.51. The van der Waals surface area contributed by atoms with Crippen molar-refractivity contribution in [3.8, 4) is 0 Å². The Bertz CT molecular complexity index is 638.